The summed E-state index contributed by atoms with van der Waals surface area (Å²) in [6.07, 6.45) is 3.10. The number of para-hydroxylation sites is 1. The normalized spacial score (nSPS) is 10.0. The molecule has 8 nitrogen and oxygen atoms in total. The van der Waals surface area contributed by atoms with E-state index < -0.39 is 18.0 Å². The number of anilines is 1. The summed E-state index contributed by atoms with van der Waals surface area (Å²) in [6.45, 7) is 2.41. The van der Waals surface area contributed by atoms with E-state index in [0.717, 1.165) is 19.3 Å². The largest absolute Gasteiger partial charge is 0.337 e. The first-order valence-corrected chi connectivity index (χ1v) is 11.5. The molecule has 0 aliphatic carbocycles. The lowest BCUT2D eigenvalue weighted by atomic mass is 10.2. The van der Waals surface area contributed by atoms with Crippen LogP contribution in [0.25, 0.3) is 0 Å². The third-order valence-electron chi connectivity index (χ3n) is 3.29. The summed E-state index contributed by atoms with van der Waals surface area (Å²) in [6, 6.07) is 7.73. The maximum absolute atomic E-state index is 11.7. The van der Waals surface area contributed by atoms with Gasteiger partial charge in [-0.15, -0.1) is 0 Å². The second kappa shape index (κ2) is 14.8. The molecular formula is C18H26N4O4S2. The number of rotatable bonds is 11. The van der Waals surface area contributed by atoms with Crippen molar-refractivity contribution < 1.29 is 19.2 Å². The van der Waals surface area contributed by atoms with Gasteiger partial charge in [-0.2, -0.15) is 0 Å². The average molecular weight is 427 g/mol. The van der Waals surface area contributed by atoms with E-state index in [-0.39, 0.29) is 11.7 Å². The molecule has 0 aliphatic rings. The maximum atomic E-state index is 11.7. The minimum atomic E-state index is -0.580. The molecule has 0 atom stereocenters. The number of nitrogens with one attached hydrogen (secondary N) is 4. The summed E-state index contributed by atoms with van der Waals surface area (Å²) in [5.74, 6) is -0.0200. The monoisotopic (exact) mass is 426 g/mol. The molecule has 0 aromatic heterocycles. The molecule has 0 unspecified atom stereocenters. The van der Waals surface area contributed by atoms with E-state index >= 15 is 0 Å². The number of carbonyl (C=O) groups excluding carboxylic acids is 4. The fourth-order valence-electron chi connectivity index (χ4n) is 1.98. The number of unbranched alkanes of at least 4 members (excludes halogenated alkanes) is 2. The summed E-state index contributed by atoms with van der Waals surface area (Å²) in [7, 11) is 2.66. The molecule has 0 heterocycles. The van der Waals surface area contributed by atoms with Gasteiger partial charge in [0, 0.05) is 24.4 Å². The van der Waals surface area contributed by atoms with Gasteiger partial charge in [0.05, 0.1) is 5.75 Å². The van der Waals surface area contributed by atoms with Crippen molar-refractivity contribution in [3.63, 3.8) is 0 Å². The molecule has 0 saturated heterocycles. The van der Waals surface area contributed by atoms with Crippen LogP contribution in [-0.4, -0.2) is 41.9 Å². The van der Waals surface area contributed by atoms with Gasteiger partial charge in [0.2, 0.25) is 11.8 Å². The second-order valence-corrected chi connectivity index (χ2v) is 8.30. The molecule has 0 spiro atoms. The van der Waals surface area contributed by atoms with Crippen molar-refractivity contribution in [3.05, 3.63) is 30.3 Å². The van der Waals surface area contributed by atoms with Gasteiger partial charge in [0.15, 0.2) is 0 Å². The minimum Gasteiger partial charge on any atom is -0.337 e. The molecule has 154 valence electrons. The van der Waals surface area contributed by atoms with Crippen molar-refractivity contribution in [2.45, 2.75) is 32.6 Å². The van der Waals surface area contributed by atoms with Gasteiger partial charge in [0.25, 0.3) is 0 Å². The zero-order chi connectivity index (χ0) is 20.6. The molecule has 6 amide bonds. The van der Waals surface area contributed by atoms with Crippen LogP contribution in [0.2, 0.25) is 0 Å². The topological polar surface area (TPSA) is 116 Å². The predicted molar refractivity (Wildman–Crippen MR) is 114 cm³/mol. The van der Waals surface area contributed by atoms with Crippen molar-refractivity contribution in [3.8, 4) is 0 Å². The van der Waals surface area contributed by atoms with Gasteiger partial charge in [-0.3, -0.25) is 20.2 Å². The smallest absolute Gasteiger partial charge is 0.325 e. The maximum Gasteiger partial charge on any atom is 0.325 e. The minimum absolute atomic E-state index is 0.106. The SMILES string of the molecule is CCCCCC(=O)NC(=O)NCCSSCC(=O)NC(=O)Nc1ccccc1. The molecule has 0 aliphatic heterocycles. The number of amides is 6. The molecule has 0 fully saturated rings. The van der Waals surface area contributed by atoms with Crippen LogP contribution >= 0.6 is 21.6 Å². The van der Waals surface area contributed by atoms with Crippen molar-refractivity contribution in [1.29, 1.82) is 0 Å². The Labute approximate surface area is 172 Å². The number of carbonyl (C=O) groups is 4. The number of urea groups is 2. The number of hydrogen-bond donors (Lipinski definition) is 4. The van der Waals surface area contributed by atoms with Crippen molar-refractivity contribution in [1.82, 2.24) is 16.0 Å². The summed E-state index contributed by atoms with van der Waals surface area (Å²) >= 11 is 0. The Morgan fingerprint density at radius 1 is 0.893 bits per heavy atom. The Balaban J connectivity index is 2.02. The van der Waals surface area contributed by atoms with Crippen LogP contribution in [0.1, 0.15) is 32.6 Å². The van der Waals surface area contributed by atoms with Gasteiger partial charge in [-0.1, -0.05) is 59.6 Å². The number of benzene rings is 1. The highest BCUT2D eigenvalue weighted by atomic mass is 33.1. The highest BCUT2D eigenvalue weighted by Crippen LogP contribution is 2.19. The van der Waals surface area contributed by atoms with E-state index in [9.17, 15) is 19.2 Å². The van der Waals surface area contributed by atoms with Crippen LogP contribution in [0, 0.1) is 0 Å². The van der Waals surface area contributed by atoms with Crippen LogP contribution in [0.3, 0.4) is 0 Å². The summed E-state index contributed by atoms with van der Waals surface area (Å²) in [5.41, 5.74) is 0.600. The van der Waals surface area contributed by atoms with E-state index in [4.69, 9.17) is 0 Å². The third-order valence-corrected chi connectivity index (χ3v) is 5.56. The van der Waals surface area contributed by atoms with Crippen LogP contribution in [0.15, 0.2) is 30.3 Å². The summed E-state index contributed by atoms with van der Waals surface area (Å²) in [5, 5.41) is 9.66. The van der Waals surface area contributed by atoms with Gasteiger partial charge in [0.1, 0.15) is 0 Å². The van der Waals surface area contributed by atoms with Gasteiger partial charge >= 0.3 is 12.1 Å². The second-order valence-electron chi connectivity index (χ2n) is 5.71. The van der Waals surface area contributed by atoms with Crippen LogP contribution in [0.4, 0.5) is 15.3 Å². The van der Waals surface area contributed by atoms with Crippen molar-refractivity contribution >= 4 is 51.2 Å². The highest BCUT2D eigenvalue weighted by molar-refractivity contribution is 8.76. The lowest BCUT2D eigenvalue weighted by molar-refractivity contribution is -0.120. The summed E-state index contributed by atoms with van der Waals surface area (Å²) < 4.78 is 0. The summed E-state index contributed by atoms with van der Waals surface area (Å²) in [4.78, 5) is 46.4. The van der Waals surface area contributed by atoms with Crippen LogP contribution < -0.4 is 21.3 Å². The van der Waals surface area contributed by atoms with E-state index in [1.54, 1.807) is 24.3 Å². The van der Waals surface area contributed by atoms with E-state index in [2.05, 4.69) is 21.3 Å². The lowest BCUT2D eigenvalue weighted by Gasteiger charge is -2.07. The average Bonchev–Trinajstić information content (AvgIpc) is 2.65. The molecule has 1 rings (SSSR count). The molecule has 1 aromatic carbocycles. The lowest BCUT2D eigenvalue weighted by Crippen LogP contribution is -2.40. The number of hydrogen-bond acceptors (Lipinski definition) is 6. The zero-order valence-electron chi connectivity index (χ0n) is 15.8. The quantitative estimate of drug-likeness (QED) is 0.319. The number of imide groups is 2. The zero-order valence-corrected chi connectivity index (χ0v) is 17.4. The molecule has 1 aromatic rings. The van der Waals surface area contributed by atoms with E-state index in [0.29, 0.717) is 24.4 Å². The highest BCUT2D eigenvalue weighted by Gasteiger charge is 2.09. The Morgan fingerprint density at radius 2 is 1.61 bits per heavy atom. The first-order chi connectivity index (χ1) is 13.5. The molecule has 28 heavy (non-hydrogen) atoms. The molecular weight excluding hydrogens is 400 g/mol. The molecule has 0 radical (unpaired) electrons. The molecule has 0 bridgehead atoms. The Bertz CT molecular complexity index is 644. The predicted octanol–water partition coefficient (Wildman–Crippen LogP) is 3.12. The molecule has 10 heteroatoms. The molecule has 4 N–H and O–H groups in total. The first kappa shape index (κ1) is 23.8. The van der Waals surface area contributed by atoms with E-state index in [1.807, 2.05) is 13.0 Å². The fraction of sp³-hybridized carbons (Fsp3) is 0.444. The first-order valence-electron chi connectivity index (χ1n) is 8.99. The molecule has 0 saturated carbocycles. The van der Waals surface area contributed by atoms with Gasteiger partial charge in [-0.05, 0) is 18.6 Å². The fourth-order valence-corrected chi connectivity index (χ4v) is 3.72. The van der Waals surface area contributed by atoms with Crippen molar-refractivity contribution in [2.24, 2.45) is 0 Å². The Kier molecular flexibility index (Phi) is 12.6. The Morgan fingerprint density at radius 3 is 2.32 bits per heavy atom. The van der Waals surface area contributed by atoms with Crippen LogP contribution in [0.5, 0.6) is 0 Å². The van der Waals surface area contributed by atoms with Crippen molar-refractivity contribution in [2.75, 3.05) is 23.4 Å². The van der Waals surface area contributed by atoms with E-state index in [1.165, 1.54) is 21.6 Å². The van der Waals surface area contributed by atoms with Crippen LogP contribution in [-0.2, 0) is 9.59 Å². The van der Waals surface area contributed by atoms with Gasteiger partial charge < -0.3 is 10.6 Å². The standard InChI is InChI=1S/C18H26N4O4S2/c1-2-3-5-10-15(23)21-17(25)19-11-12-27-28-13-16(24)22-18(26)20-14-8-6-4-7-9-14/h4,6-9H,2-3,5,10-13H2,1H3,(H2,19,21,23,25)(H2,20,22,24,26). The third kappa shape index (κ3) is 12.2. The van der Waals surface area contributed by atoms with Gasteiger partial charge in [-0.25, -0.2) is 9.59 Å². The Hall–Kier alpha value is -2.20.